The summed E-state index contributed by atoms with van der Waals surface area (Å²) in [5, 5.41) is 37.3. The number of nitrogens with zero attached hydrogens (tertiary/aromatic N) is 1. The molecule has 1 aromatic carbocycles. The second-order valence-electron chi connectivity index (χ2n) is 4.31. The lowest BCUT2D eigenvalue weighted by atomic mass is 10.1. The van der Waals surface area contributed by atoms with Crippen molar-refractivity contribution < 1.29 is 34.9 Å². The Morgan fingerprint density at radius 1 is 1.24 bits per heavy atom. The summed E-state index contributed by atoms with van der Waals surface area (Å²) in [6.45, 7) is -0.425. The first-order valence-electron chi connectivity index (χ1n) is 6.11. The van der Waals surface area contributed by atoms with Gasteiger partial charge < -0.3 is 20.4 Å². The van der Waals surface area contributed by atoms with Crippen LogP contribution in [-0.4, -0.2) is 62.7 Å². The highest BCUT2D eigenvalue weighted by atomic mass is 16.7. The van der Waals surface area contributed by atoms with Gasteiger partial charge in [-0.05, 0) is 5.56 Å². The largest absolute Gasteiger partial charge is 0.479 e. The summed E-state index contributed by atoms with van der Waals surface area (Å²) >= 11 is 0. The van der Waals surface area contributed by atoms with E-state index in [9.17, 15) is 19.8 Å². The zero-order valence-electron chi connectivity index (χ0n) is 11.1. The smallest absolute Gasteiger partial charge is 0.335 e. The second-order valence-corrected chi connectivity index (χ2v) is 4.31. The third kappa shape index (κ3) is 5.48. The van der Waals surface area contributed by atoms with E-state index in [0.717, 1.165) is 10.6 Å². The molecule has 21 heavy (non-hydrogen) atoms. The van der Waals surface area contributed by atoms with E-state index in [1.165, 1.54) is 0 Å². The topological polar surface area (TPSA) is 128 Å². The summed E-state index contributed by atoms with van der Waals surface area (Å²) in [7, 11) is 0. The molecule has 0 saturated heterocycles. The van der Waals surface area contributed by atoms with Gasteiger partial charge in [0, 0.05) is 0 Å². The van der Waals surface area contributed by atoms with Crippen LogP contribution >= 0.6 is 0 Å². The minimum atomic E-state index is -2.15. The fourth-order valence-electron chi connectivity index (χ4n) is 1.51. The summed E-state index contributed by atoms with van der Waals surface area (Å²) in [5.41, 5.74) is 0.782. The summed E-state index contributed by atoms with van der Waals surface area (Å²) in [6.07, 6.45) is -5.48. The van der Waals surface area contributed by atoms with Crippen molar-refractivity contribution in [3.8, 4) is 0 Å². The molecule has 3 atom stereocenters. The van der Waals surface area contributed by atoms with Crippen molar-refractivity contribution in [2.24, 2.45) is 0 Å². The molecule has 0 aliphatic carbocycles. The number of rotatable bonds is 9. The van der Waals surface area contributed by atoms with Gasteiger partial charge in [0.2, 0.25) is 6.41 Å². The molecule has 8 heteroatoms. The molecule has 0 radical (unpaired) electrons. The molecule has 8 nitrogen and oxygen atoms in total. The number of carbonyl (C=O) groups is 2. The Kier molecular flexibility index (Phi) is 6.76. The van der Waals surface area contributed by atoms with Gasteiger partial charge >= 0.3 is 5.97 Å². The summed E-state index contributed by atoms with van der Waals surface area (Å²) in [4.78, 5) is 26.4. The molecule has 1 aromatic rings. The molecule has 1 amide bonds. The van der Waals surface area contributed by atoms with E-state index < -0.39 is 30.8 Å². The van der Waals surface area contributed by atoms with Crippen LogP contribution in [0.5, 0.6) is 0 Å². The van der Waals surface area contributed by atoms with Gasteiger partial charge in [-0.25, -0.2) is 9.86 Å². The molecule has 0 bridgehead atoms. The highest BCUT2D eigenvalue weighted by molar-refractivity contribution is 5.72. The van der Waals surface area contributed by atoms with E-state index >= 15 is 0 Å². The number of aliphatic hydroxyl groups is 3. The molecule has 0 aromatic heterocycles. The van der Waals surface area contributed by atoms with Crippen LogP contribution in [0.1, 0.15) is 5.56 Å². The summed E-state index contributed by atoms with van der Waals surface area (Å²) < 4.78 is 0. The van der Waals surface area contributed by atoms with Crippen LogP contribution in [0.3, 0.4) is 0 Å². The molecule has 0 aliphatic rings. The number of hydroxylamine groups is 2. The predicted octanol–water partition coefficient (Wildman–Crippen LogP) is -1.26. The molecule has 0 unspecified atom stereocenters. The average molecular weight is 299 g/mol. The number of carboxylic acids is 1. The van der Waals surface area contributed by atoms with Gasteiger partial charge in [-0.3, -0.25) is 9.63 Å². The Labute approximate surface area is 120 Å². The van der Waals surface area contributed by atoms with Crippen LogP contribution in [0.15, 0.2) is 30.3 Å². The second kappa shape index (κ2) is 8.32. The molecule has 0 spiro atoms. The van der Waals surface area contributed by atoms with Gasteiger partial charge in [-0.15, -0.1) is 0 Å². The lowest BCUT2D eigenvalue weighted by molar-refractivity contribution is -0.194. The number of carbonyl (C=O) groups excluding carboxylic acids is 1. The third-order valence-electron chi connectivity index (χ3n) is 2.70. The van der Waals surface area contributed by atoms with Crippen molar-refractivity contribution in [1.82, 2.24) is 5.06 Å². The van der Waals surface area contributed by atoms with Gasteiger partial charge in [-0.2, -0.15) is 0 Å². The van der Waals surface area contributed by atoms with Gasteiger partial charge in [0.15, 0.2) is 6.10 Å². The first kappa shape index (κ1) is 17.1. The summed E-state index contributed by atoms with van der Waals surface area (Å²) in [6, 6.07) is 8.91. The lowest BCUT2D eigenvalue weighted by Crippen LogP contribution is -2.47. The summed E-state index contributed by atoms with van der Waals surface area (Å²) in [5.74, 6) is -1.68. The molecule has 0 fully saturated rings. The zero-order valence-corrected chi connectivity index (χ0v) is 11.1. The Balaban J connectivity index is 2.49. The first-order valence-corrected chi connectivity index (χ1v) is 6.11. The standard InChI is InChI=1S/C13H17NO7/c15-8-14(21-7-9-4-2-1-3-5-9)6-10(16)11(17)12(18)13(19)20/h1-5,8,10-12,16-18H,6-7H2,(H,19,20)/t10-,11-,12-/m0/s1. The normalized spacial score (nSPS) is 15.0. The lowest BCUT2D eigenvalue weighted by Gasteiger charge is -2.24. The van der Waals surface area contributed by atoms with E-state index in [0.29, 0.717) is 0 Å². The molecule has 0 aliphatic heterocycles. The Morgan fingerprint density at radius 3 is 2.38 bits per heavy atom. The monoisotopic (exact) mass is 299 g/mol. The van der Waals surface area contributed by atoms with Crippen LogP contribution in [0, 0.1) is 0 Å². The molecular weight excluding hydrogens is 282 g/mol. The molecule has 116 valence electrons. The van der Waals surface area contributed by atoms with Crippen LogP contribution in [-0.2, 0) is 21.0 Å². The van der Waals surface area contributed by atoms with Crippen LogP contribution in [0.2, 0.25) is 0 Å². The molecule has 0 heterocycles. The maximum absolute atomic E-state index is 10.8. The van der Waals surface area contributed by atoms with E-state index in [1.54, 1.807) is 24.3 Å². The van der Waals surface area contributed by atoms with Crippen molar-refractivity contribution in [2.75, 3.05) is 6.54 Å². The first-order chi connectivity index (χ1) is 9.95. The van der Waals surface area contributed by atoms with Crippen molar-refractivity contribution in [2.45, 2.75) is 24.9 Å². The van der Waals surface area contributed by atoms with Crippen molar-refractivity contribution >= 4 is 12.4 Å². The Bertz CT molecular complexity index is 453. The molecule has 0 saturated carbocycles. The van der Waals surface area contributed by atoms with Crippen molar-refractivity contribution in [1.29, 1.82) is 0 Å². The van der Waals surface area contributed by atoms with Gasteiger partial charge in [0.1, 0.15) is 18.8 Å². The van der Waals surface area contributed by atoms with E-state index in [2.05, 4.69) is 0 Å². The van der Waals surface area contributed by atoms with Gasteiger partial charge in [-0.1, -0.05) is 30.3 Å². The molecular formula is C13H17NO7. The van der Waals surface area contributed by atoms with Crippen LogP contribution in [0.25, 0.3) is 0 Å². The van der Waals surface area contributed by atoms with Gasteiger partial charge in [0.05, 0.1) is 6.54 Å². The minimum absolute atomic E-state index is 0.0594. The van der Waals surface area contributed by atoms with E-state index in [4.69, 9.17) is 15.1 Å². The number of hydrogen-bond donors (Lipinski definition) is 4. The van der Waals surface area contributed by atoms with E-state index in [1.807, 2.05) is 6.07 Å². The van der Waals surface area contributed by atoms with Crippen LogP contribution in [0.4, 0.5) is 0 Å². The quantitative estimate of drug-likeness (QED) is 0.331. The number of aliphatic hydroxyl groups excluding tert-OH is 3. The Hall–Kier alpha value is -2.00. The number of carboxylic acid groups (broad SMARTS) is 1. The number of benzene rings is 1. The Morgan fingerprint density at radius 2 is 1.86 bits per heavy atom. The fraction of sp³-hybridized carbons (Fsp3) is 0.385. The highest BCUT2D eigenvalue weighted by Gasteiger charge is 2.31. The van der Waals surface area contributed by atoms with Crippen molar-refractivity contribution in [3.05, 3.63) is 35.9 Å². The predicted molar refractivity (Wildman–Crippen MR) is 69.7 cm³/mol. The van der Waals surface area contributed by atoms with Crippen LogP contribution < -0.4 is 0 Å². The average Bonchev–Trinajstić information content (AvgIpc) is 2.50. The number of hydrogen-bond acceptors (Lipinski definition) is 6. The molecule has 4 N–H and O–H groups in total. The van der Waals surface area contributed by atoms with Gasteiger partial charge in [0.25, 0.3) is 0 Å². The SMILES string of the molecule is O=CN(C[C@H](O)[C@H](O)[C@H](O)C(=O)O)OCc1ccccc1. The third-order valence-corrected chi connectivity index (χ3v) is 2.70. The van der Waals surface area contributed by atoms with Crippen molar-refractivity contribution in [3.63, 3.8) is 0 Å². The number of aliphatic carboxylic acids is 1. The van der Waals surface area contributed by atoms with E-state index in [-0.39, 0.29) is 13.0 Å². The zero-order chi connectivity index (χ0) is 15.8. The highest BCUT2D eigenvalue weighted by Crippen LogP contribution is 2.06. The molecule has 1 rings (SSSR count). The number of amides is 1. The minimum Gasteiger partial charge on any atom is -0.479 e. The maximum Gasteiger partial charge on any atom is 0.335 e. The maximum atomic E-state index is 10.8. The fourth-order valence-corrected chi connectivity index (χ4v) is 1.51.